The number of hydrogen-bond donors (Lipinski definition) is 3. The van der Waals surface area contributed by atoms with Crippen LogP contribution < -0.4 is 5.32 Å². The summed E-state index contributed by atoms with van der Waals surface area (Å²) in [5.74, 6) is -0.183. The number of carbonyl (C=O) groups excluding carboxylic acids is 1. The van der Waals surface area contributed by atoms with Crippen molar-refractivity contribution in [3.63, 3.8) is 0 Å². The molecule has 0 aliphatic carbocycles. The molecular formula is C33H68N2O6P+. The Hall–Kier alpha value is -0.760. The van der Waals surface area contributed by atoms with Crippen molar-refractivity contribution in [1.82, 2.24) is 5.32 Å². The van der Waals surface area contributed by atoms with Crippen LogP contribution >= 0.6 is 7.82 Å². The fourth-order valence-corrected chi connectivity index (χ4v) is 5.42. The number of carbonyl (C=O) groups is 1. The van der Waals surface area contributed by atoms with Crippen LogP contribution in [0.5, 0.6) is 0 Å². The number of aliphatic hydroxyl groups is 1. The summed E-state index contributed by atoms with van der Waals surface area (Å²) in [6, 6.07) is -0.835. The highest BCUT2D eigenvalue weighted by atomic mass is 31.2. The Balaban J connectivity index is 4.62. The van der Waals surface area contributed by atoms with E-state index in [9.17, 15) is 19.4 Å². The third kappa shape index (κ3) is 28.0. The van der Waals surface area contributed by atoms with Crippen LogP contribution in [0.25, 0.3) is 0 Å². The number of allylic oxidation sites excluding steroid dienone is 1. The van der Waals surface area contributed by atoms with Gasteiger partial charge >= 0.3 is 7.82 Å². The minimum absolute atomic E-state index is 0.0636. The third-order valence-electron chi connectivity index (χ3n) is 7.51. The topological polar surface area (TPSA) is 105 Å². The Bertz CT molecular complexity index is 713. The Morgan fingerprint density at radius 1 is 0.786 bits per heavy atom. The van der Waals surface area contributed by atoms with Gasteiger partial charge in [0, 0.05) is 6.42 Å². The quantitative estimate of drug-likeness (QED) is 0.0325. The summed E-state index contributed by atoms with van der Waals surface area (Å²) < 4.78 is 23.3. The molecule has 0 rings (SSSR count). The number of nitrogens with zero attached hydrogens (tertiary/aromatic N) is 1. The van der Waals surface area contributed by atoms with Crippen molar-refractivity contribution < 1.29 is 32.9 Å². The lowest BCUT2D eigenvalue weighted by Gasteiger charge is -2.25. The minimum Gasteiger partial charge on any atom is -0.387 e. The maximum atomic E-state index is 12.7. The fourth-order valence-electron chi connectivity index (χ4n) is 4.69. The van der Waals surface area contributed by atoms with Crippen molar-refractivity contribution >= 4 is 13.7 Å². The number of phosphoric acid groups is 1. The first-order valence-electron chi connectivity index (χ1n) is 17.1. The summed E-state index contributed by atoms with van der Waals surface area (Å²) in [5.41, 5.74) is 0. The van der Waals surface area contributed by atoms with E-state index in [1.807, 2.05) is 27.2 Å². The molecule has 9 heteroatoms. The number of quaternary nitrogens is 1. The lowest BCUT2D eigenvalue weighted by Crippen LogP contribution is -2.45. The van der Waals surface area contributed by atoms with Crippen molar-refractivity contribution in [2.75, 3.05) is 40.9 Å². The lowest BCUT2D eigenvalue weighted by atomic mass is 10.1. The first-order valence-corrected chi connectivity index (χ1v) is 18.6. The highest BCUT2D eigenvalue weighted by Crippen LogP contribution is 2.43. The monoisotopic (exact) mass is 619 g/mol. The van der Waals surface area contributed by atoms with Crippen molar-refractivity contribution in [3.8, 4) is 0 Å². The van der Waals surface area contributed by atoms with Gasteiger partial charge in [-0.2, -0.15) is 0 Å². The first-order chi connectivity index (χ1) is 20.0. The SMILES string of the molecule is CCCCCCCCCC/C=C/[C@@H](O)[C@H](COP(=O)(O)OCC[N+](C)(C)C)NC(=O)CCCCCCCCCCCC. The number of likely N-dealkylation sites (N-methyl/N-ethyl adjacent to an activating group) is 1. The fraction of sp³-hybridized carbons (Fsp3) is 0.909. The largest absolute Gasteiger partial charge is 0.472 e. The molecule has 0 spiro atoms. The average molecular weight is 620 g/mol. The molecule has 0 aromatic heterocycles. The standard InChI is InChI=1S/C33H67N2O6P/c1-6-8-10-12-14-16-18-20-22-24-26-32(36)31(30-41-42(38,39)40-29-28-35(3,4)5)34-33(37)27-25-23-21-19-17-15-13-11-9-7-2/h24,26,31-32,36H,6-23,25,27-30H2,1-5H3,(H-,34,37,38,39)/p+1/b26-24+/t31-,32+/m0/s1. The highest BCUT2D eigenvalue weighted by molar-refractivity contribution is 7.47. The van der Waals surface area contributed by atoms with Crippen molar-refractivity contribution in [1.29, 1.82) is 0 Å². The molecule has 0 aliphatic rings. The predicted octanol–water partition coefficient (Wildman–Crippen LogP) is 8.07. The smallest absolute Gasteiger partial charge is 0.387 e. The Kier molecular flexibility index (Phi) is 26.1. The molecule has 1 unspecified atom stereocenters. The molecule has 0 radical (unpaired) electrons. The molecule has 0 saturated carbocycles. The van der Waals surface area contributed by atoms with Crippen LogP contribution in [0.1, 0.15) is 142 Å². The van der Waals surface area contributed by atoms with Crippen LogP contribution in [0.3, 0.4) is 0 Å². The molecule has 3 N–H and O–H groups in total. The van der Waals surface area contributed by atoms with Crippen LogP contribution in [0.4, 0.5) is 0 Å². The van der Waals surface area contributed by atoms with Crippen molar-refractivity contribution in [2.45, 2.75) is 154 Å². The highest BCUT2D eigenvalue weighted by Gasteiger charge is 2.27. The molecule has 0 aliphatic heterocycles. The normalized spacial score (nSPS) is 15.1. The second-order valence-corrected chi connectivity index (χ2v) is 14.4. The molecule has 42 heavy (non-hydrogen) atoms. The molecule has 0 aromatic rings. The average Bonchev–Trinajstić information content (AvgIpc) is 2.92. The van der Waals surface area contributed by atoms with Gasteiger partial charge in [0.25, 0.3) is 0 Å². The van der Waals surface area contributed by atoms with E-state index in [2.05, 4.69) is 19.2 Å². The summed E-state index contributed by atoms with van der Waals surface area (Å²) in [6.45, 7) is 4.75. The number of nitrogens with one attached hydrogen (secondary N) is 1. The number of hydrogen-bond acceptors (Lipinski definition) is 5. The zero-order chi connectivity index (χ0) is 31.5. The van der Waals surface area contributed by atoms with Crippen LogP contribution in [-0.4, -0.2) is 73.4 Å². The van der Waals surface area contributed by atoms with Crippen LogP contribution in [-0.2, 0) is 18.4 Å². The maximum Gasteiger partial charge on any atom is 0.472 e. The van der Waals surface area contributed by atoms with E-state index in [1.54, 1.807) is 6.08 Å². The van der Waals surface area contributed by atoms with Gasteiger partial charge in [0.05, 0.1) is 39.9 Å². The van der Waals surface area contributed by atoms with Gasteiger partial charge in [0.1, 0.15) is 13.2 Å². The molecule has 0 heterocycles. The minimum atomic E-state index is -4.31. The van der Waals surface area contributed by atoms with Gasteiger partial charge in [-0.3, -0.25) is 13.8 Å². The number of unbranched alkanes of at least 4 members (excludes halogenated alkanes) is 17. The van der Waals surface area contributed by atoms with Gasteiger partial charge in [-0.25, -0.2) is 4.57 Å². The number of rotatable bonds is 30. The van der Waals surface area contributed by atoms with E-state index in [0.29, 0.717) is 17.4 Å². The van der Waals surface area contributed by atoms with Crippen LogP contribution in [0.2, 0.25) is 0 Å². The van der Waals surface area contributed by atoms with Gasteiger partial charge in [0.15, 0.2) is 0 Å². The van der Waals surface area contributed by atoms with E-state index in [-0.39, 0.29) is 19.1 Å². The van der Waals surface area contributed by atoms with E-state index < -0.39 is 20.0 Å². The third-order valence-corrected chi connectivity index (χ3v) is 8.49. The summed E-state index contributed by atoms with van der Waals surface area (Å²) in [6.07, 6.45) is 25.6. The van der Waals surface area contributed by atoms with Gasteiger partial charge in [-0.15, -0.1) is 0 Å². The van der Waals surface area contributed by atoms with Crippen molar-refractivity contribution in [3.05, 3.63) is 12.2 Å². The first kappa shape index (κ1) is 41.2. The van der Waals surface area contributed by atoms with Gasteiger partial charge < -0.3 is 19.8 Å². The Morgan fingerprint density at radius 3 is 1.76 bits per heavy atom. The summed E-state index contributed by atoms with van der Waals surface area (Å²) >= 11 is 0. The number of aliphatic hydroxyl groups excluding tert-OH is 1. The number of amides is 1. The second kappa shape index (κ2) is 26.6. The second-order valence-electron chi connectivity index (χ2n) is 12.9. The molecule has 250 valence electrons. The molecule has 0 saturated heterocycles. The zero-order valence-corrected chi connectivity index (χ0v) is 28.9. The summed E-state index contributed by atoms with van der Waals surface area (Å²) in [7, 11) is 1.57. The van der Waals surface area contributed by atoms with Crippen LogP contribution in [0.15, 0.2) is 12.2 Å². The van der Waals surface area contributed by atoms with E-state index in [0.717, 1.165) is 38.5 Å². The predicted molar refractivity (Wildman–Crippen MR) is 175 cm³/mol. The molecule has 0 aromatic carbocycles. The maximum absolute atomic E-state index is 12.7. The molecule has 3 atom stereocenters. The summed E-state index contributed by atoms with van der Waals surface area (Å²) in [4.78, 5) is 22.8. The van der Waals surface area contributed by atoms with E-state index in [1.165, 1.54) is 83.5 Å². The van der Waals surface area contributed by atoms with E-state index in [4.69, 9.17) is 9.05 Å². The molecule has 1 amide bonds. The van der Waals surface area contributed by atoms with Crippen molar-refractivity contribution in [2.24, 2.45) is 0 Å². The molecule has 0 fully saturated rings. The number of phosphoric ester groups is 1. The Labute approximate surface area is 259 Å². The van der Waals surface area contributed by atoms with Crippen LogP contribution in [0, 0.1) is 0 Å². The molecule has 8 nitrogen and oxygen atoms in total. The lowest BCUT2D eigenvalue weighted by molar-refractivity contribution is -0.870. The summed E-state index contributed by atoms with van der Waals surface area (Å²) in [5, 5.41) is 13.6. The Morgan fingerprint density at radius 2 is 1.26 bits per heavy atom. The van der Waals surface area contributed by atoms with Gasteiger partial charge in [-0.05, 0) is 19.3 Å². The molecule has 0 bridgehead atoms. The van der Waals surface area contributed by atoms with Gasteiger partial charge in [0.2, 0.25) is 5.91 Å². The molecular weight excluding hydrogens is 551 g/mol. The zero-order valence-electron chi connectivity index (χ0n) is 28.0. The van der Waals surface area contributed by atoms with Gasteiger partial charge in [-0.1, -0.05) is 129 Å². The van der Waals surface area contributed by atoms with E-state index >= 15 is 0 Å².